The molecule has 48 valence electrons. The van der Waals surface area contributed by atoms with E-state index in [4.69, 9.17) is 4.42 Å². The van der Waals surface area contributed by atoms with E-state index in [2.05, 4.69) is 6.07 Å². The number of aryl methyl sites for hydroxylation is 3. The van der Waals surface area contributed by atoms with Gasteiger partial charge in [0.15, 0.2) is 0 Å². The average molecular weight is 123 g/mol. The van der Waals surface area contributed by atoms with Gasteiger partial charge in [-0.25, -0.2) is 4.42 Å². The summed E-state index contributed by atoms with van der Waals surface area (Å²) in [7, 11) is 0. The molecule has 0 aliphatic carbocycles. The molecule has 0 spiro atoms. The van der Waals surface area contributed by atoms with Gasteiger partial charge in [0.1, 0.15) is 0 Å². The van der Waals surface area contributed by atoms with Gasteiger partial charge in [-0.05, 0) is 13.0 Å². The Morgan fingerprint density at radius 1 is 1.11 bits per heavy atom. The average Bonchev–Trinajstić information content (AvgIpc) is 1.80. The molecule has 1 nitrogen and oxygen atoms in total. The lowest BCUT2D eigenvalue weighted by molar-refractivity contribution is 0.481. The molecule has 0 aliphatic rings. The Morgan fingerprint density at radius 2 is 1.78 bits per heavy atom. The van der Waals surface area contributed by atoms with Gasteiger partial charge in [0.05, 0.1) is 13.8 Å². The third-order valence-electron chi connectivity index (χ3n) is 1.44. The number of hydrogen-bond donors (Lipinski definition) is 0. The molecule has 0 amide bonds. The van der Waals surface area contributed by atoms with Gasteiger partial charge in [-0.3, -0.25) is 0 Å². The molecular formula is C8H11O+. The van der Waals surface area contributed by atoms with E-state index in [9.17, 15) is 0 Å². The summed E-state index contributed by atoms with van der Waals surface area (Å²) in [6, 6.07) is 4.04. The molecule has 1 aromatic rings. The standard InChI is InChI=1S/C8H11O/c1-6-4-5-7(2)9-8(6)3/h4-5H,1-3H3/q+1. The van der Waals surface area contributed by atoms with Crippen LogP contribution in [0.3, 0.4) is 0 Å². The number of hydrogen-bond acceptors (Lipinski definition) is 0. The summed E-state index contributed by atoms with van der Waals surface area (Å²) in [4.78, 5) is 0. The lowest BCUT2D eigenvalue weighted by Gasteiger charge is -1.84. The second-order valence-corrected chi connectivity index (χ2v) is 2.29. The minimum atomic E-state index is 0.970. The first kappa shape index (κ1) is 6.27. The Hall–Kier alpha value is -0.850. The Morgan fingerprint density at radius 3 is 2.22 bits per heavy atom. The fourth-order valence-electron chi connectivity index (χ4n) is 0.716. The van der Waals surface area contributed by atoms with E-state index in [1.54, 1.807) is 0 Å². The fraction of sp³-hybridized carbons (Fsp3) is 0.375. The smallest absolute Gasteiger partial charge is 0.218 e. The van der Waals surface area contributed by atoms with Gasteiger partial charge in [-0.1, -0.05) is 0 Å². The van der Waals surface area contributed by atoms with Crippen molar-refractivity contribution in [3.63, 3.8) is 0 Å². The molecule has 0 bridgehead atoms. The van der Waals surface area contributed by atoms with Crippen molar-refractivity contribution >= 4 is 0 Å². The molecule has 0 fully saturated rings. The van der Waals surface area contributed by atoms with Crippen molar-refractivity contribution in [2.24, 2.45) is 0 Å². The van der Waals surface area contributed by atoms with Gasteiger partial charge in [-0.2, -0.15) is 0 Å². The summed E-state index contributed by atoms with van der Waals surface area (Å²) in [5.41, 5.74) is 1.21. The van der Waals surface area contributed by atoms with Gasteiger partial charge in [0.2, 0.25) is 0 Å². The van der Waals surface area contributed by atoms with E-state index in [-0.39, 0.29) is 0 Å². The molecule has 0 aliphatic heterocycles. The van der Waals surface area contributed by atoms with Crippen LogP contribution in [0.1, 0.15) is 17.1 Å². The Bertz CT molecular complexity index is 216. The Balaban J connectivity index is 3.17. The van der Waals surface area contributed by atoms with Crippen LogP contribution in [0.4, 0.5) is 0 Å². The zero-order valence-electron chi connectivity index (χ0n) is 6.06. The van der Waals surface area contributed by atoms with Gasteiger partial charge in [0.25, 0.3) is 0 Å². The highest BCUT2D eigenvalue weighted by Gasteiger charge is 2.05. The summed E-state index contributed by atoms with van der Waals surface area (Å²) in [6.07, 6.45) is 0. The van der Waals surface area contributed by atoms with E-state index >= 15 is 0 Å². The normalized spacial score (nSPS) is 9.67. The van der Waals surface area contributed by atoms with Crippen LogP contribution in [0.25, 0.3) is 0 Å². The molecule has 0 saturated heterocycles. The van der Waals surface area contributed by atoms with E-state index in [1.807, 2.05) is 26.8 Å². The van der Waals surface area contributed by atoms with Crippen molar-refractivity contribution in [1.82, 2.24) is 0 Å². The van der Waals surface area contributed by atoms with E-state index in [1.165, 1.54) is 5.56 Å². The van der Waals surface area contributed by atoms with Crippen molar-refractivity contribution in [3.05, 3.63) is 29.2 Å². The number of rotatable bonds is 0. The van der Waals surface area contributed by atoms with Gasteiger partial charge >= 0.3 is 11.5 Å². The zero-order chi connectivity index (χ0) is 6.85. The highest BCUT2D eigenvalue weighted by Crippen LogP contribution is 2.07. The van der Waals surface area contributed by atoms with E-state index < -0.39 is 0 Å². The van der Waals surface area contributed by atoms with Crippen LogP contribution in [0.2, 0.25) is 0 Å². The molecule has 1 rings (SSSR count). The lowest BCUT2D eigenvalue weighted by Crippen LogP contribution is -1.79. The molecule has 9 heavy (non-hydrogen) atoms. The van der Waals surface area contributed by atoms with Crippen LogP contribution in [-0.2, 0) is 0 Å². The van der Waals surface area contributed by atoms with E-state index in [0.29, 0.717) is 0 Å². The molecule has 0 N–H and O–H groups in total. The molecule has 0 atom stereocenters. The summed E-state index contributed by atoms with van der Waals surface area (Å²) in [6.45, 7) is 5.97. The fourth-order valence-corrected chi connectivity index (χ4v) is 0.716. The van der Waals surface area contributed by atoms with Crippen molar-refractivity contribution in [3.8, 4) is 0 Å². The van der Waals surface area contributed by atoms with Gasteiger partial charge in [-0.15, -0.1) is 0 Å². The van der Waals surface area contributed by atoms with Crippen LogP contribution in [-0.4, -0.2) is 0 Å². The molecule has 1 aromatic heterocycles. The van der Waals surface area contributed by atoms with Crippen LogP contribution in [0, 0.1) is 20.8 Å². The summed E-state index contributed by atoms with van der Waals surface area (Å²) in [5.74, 6) is 1.98. The largest absolute Gasteiger partial charge is 0.329 e. The molecule has 0 aromatic carbocycles. The Labute approximate surface area is 55.3 Å². The molecular weight excluding hydrogens is 112 g/mol. The SMILES string of the molecule is Cc1ccc(C)c(C)[o+]1. The Kier molecular flexibility index (Phi) is 1.52. The maximum Gasteiger partial charge on any atom is 0.329 e. The van der Waals surface area contributed by atoms with E-state index in [0.717, 1.165) is 11.5 Å². The molecule has 1 heteroatoms. The zero-order valence-corrected chi connectivity index (χ0v) is 6.06. The van der Waals surface area contributed by atoms with Crippen LogP contribution in [0.5, 0.6) is 0 Å². The third-order valence-corrected chi connectivity index (χ3v) is 1.44. The van der Waals surface area contributed by atoms with Crippen molar-refractivity contribution < 1.29 is 4.42 Å². The molecule has 0 saturated carbocycles. The van der Waals surface area contributed by atoms with Gasteiger partial charge < -0.3 is 0 Å². The third kappa shape index (κ3) is 1.28. The minimum absolute atomic E-state index is 0.970. The maximum atomic E-state index is 5.31. The first-order valence-electron chi connectivity index (χ1n) is 3.07. The van der Waals surface area contributed by atoms with Crippen molar-refractivity contribution in [2.75, 3.05) is 0 Å². The highest BCUT2D eigenvalue weighted by molar-refractivity contribution is 5.15. The predicted molar refractivity (Wildman–Crippen MR) is 37.3 cm³/mol. The lowest BCUT2D eigenvalue weighted by atomic mass is 10.2. The minimum Gasteiger partial charge on any atom is -0.218 e. The quantitative estimate of drug-likeness (QED) is 0.482. The highest BCUT2D eigenvalue weighted by atomic mass is 16.3. The second-order valence-electron chi connectivity index (χ2n) is 2.29. The predicted octanol–water partition coefficient (Wildman–Crippen LogP) is 2.49. The monoisotopic (exact) mass is 123 g/mol. The summed E-state index contributed by atoms with van der Waals surface area (Å²) < 4.78 is 5.31. The maximum absolute atomic E-state index is 5.31. The van der Waals surface area contributed by atoms with Gasteiger partial charge in [0, 0.05) is 11.6 Å². The van der Waals surface area contributed by atoms with Crippen molar-refractivity contribution in [1.29, 1.82) is 0 Å². The van der Waals surface area contributed by atoms with Crippen LogP contribution >= 0.6 is 0 Å². The first-order chi connectivity index (χ1) is 4.20. The molecule has 0 radical (unpaired) electrons. The molecule has 0 unspecified atom stereocenters. The topological polar surface area (TPSA) is 11.3 Å². The van der Waals surface area contributed by atoms with Crippen molar-refractivity contribution in [2.45, 2.75) is 20.8 Å². The summed E-state index contributed by atoms with van der Waals surface area (Å²) >= 11 is 0. The van der Waals surface area contributed by atoms with Crippen LogP contribution in [0.15, 0.2) is 16.5 Å². The molecule has 1 heterocycles. The summed E-state index contributed by atoms with van der Waals surface area (Å²) in [5, 5.41) is 0. The first-order valence-corrected chi connectivity index (χ1v) is 3.07. The second kappa shape index (κ2) is 2.18. The van der Waals surface area contributed by atoms with Crippen LogP contribution < -0.4 is 0 Å².